The SMILES string of the molecule is CCC(C)(C(=O)O)N(C)Cc1ccco1. The molecule has 1 aromatic heterocycles. The second-order valence-corrected chi connectivity index (χ2v) is 3.87. The topological polar surface area (TPSA) is 53.7 Å². The lowest BCUT2D eigenvalue weighted by Gasteiger charge is -2.33. The molecular weight excluding hydrogens is 194 g/mol. The molecule has 1 aromatic rings. The highest BCUT2D eigenvalue weighted by molar-refractivity contribution is 5.78. The largest absolute Gasteiger partial charge is 0.480 e. The van der Waals surface area contributed by atoms with Crippen LogP contribution < -0.4 is 0 Å². The first-order valence-corrected chi connectivity index (χ1v) is 4.97. The first kappa shape index (κ1) is 11.8. The van der Waals surface area contributed by atoms with Gasteiger partial charge in [-0.15, -0.1) is 0 Å². The van der Waals surface area contributed by atoms with Gasteiger partial charge in [-0.2, -0.15) is 0 Å². The minimum Gasteiger partial charge on any atom is -0.480 e. The third kappa shape index (κ3) is 2.39. The molecule has 15 heavy (non-hydrogen) atoms. The lowest BCUT2D eigenvalue weighted by atomic mass is 9.97. The molecule has 0 fully saturated rings. The Morgan fingerprint density at radius 1 is 1.67 bits per heavy atom. The normalized spacial score (nSPS) is 15.2. The van der Waals surface area contributed by atoms with E-state index >= 15 is 0 Å². The molecule has 1 heterocycles. The number of furan rings is 1. The van der Waals surface area contributed by atoms with Crippen LogP contribution in [0.25, 0.3) is 0 Å². The Balaban J connectivity index is 2.74. The van der Waals surface area contributed by atoms with Crippen molar-refractivity contribution in [3.05, 3.63) is 24.2 Å². The van der Waals surface area contributed by atoms with Crippen molar-refractivity contribution in [3.8, 4) is 0 Å². The molecule has 0 amide bonds. The van der Waals surface area contributed by atoms with Crippen molar-refractivity contribution in [1.82, 2.24) is 4.90 Å². The minimum atomic E-state index is -0.840. The zero-order valence-electron chi connectivity index (χ0n) is 9.36. The molecule has 0 spiro atoms. The maximum absolute atomic E-state index is 11.1. The molecule has 1 unspecified atom stereocenters. The van der Waals surface area contributed by atoms with Crippen LogP contribution >= 0.6 is 0 Å². The van der Waals surface area contributed by atoms with Gasteiger partial charge in [0.05, 0.1) is 12.8 Å². The number of carboxylic acid groups (broad SMARTS) is 1. The molecule has 0 saturated heterocycles. The van der Waals surface area contributed by atoms with E-state index < -0.39 is 11.5 Å². The lowest BCUT2D eigenvalue weighted by Crippen LogP contribution is -2.49. The molecule has 0 radical (unpaired) electrons. The molecule has 1 rings (SSSR count). The number of carbonyl (C=O) groups is 1. The van der Waals surface area contributed by atoms with Crippen molar-refractivity contribution in [1.29, 1.82) is 0 Å². The van der Waals surface area contributed by atoms with Gasteiger partial charge in [0.2, 0.25) is 0 Å². The Morgan fingerprint density at radius 3 is 2.73 bits per heavy atom. The second kappa shape index (κ2) is 4.49. The van der Waals surface area contributed by atoms with E-state index in [1.165, 1.54) is 0 Å². The Morgan fingerprint density at radius 2 is 2.33 bits per heavy atom. The Labute approximate surface area is 89.5 Å². The van der Waals surface area contributed by atoms with Gasteiger partial charge >= 0.3 is 5.97 Å². The molecule has 1 N–H and O–H groups in total. The van der Waals surface area contributed by atoms with Crippen molar-refractivity contribution < 1.29 is 14.3 Å². The van der Waals surface area contributed by atoms with Crippen LogP contribution in [0, 0.1) is 0 Å². The highest BCUT2D eigenvalue weighted by atomic mass is 16.4. The highest BCUT2D eigenvalue weighted by Gasteiger charge is 2.35. The summed E-state index contributed by atoms with van der Waals surface area (Å²) in [5, 5.41) is 9.16. The van der Waals surface area contributed by atoms with Crippen LogP contribution in [0.2, 0.25) is 0 Å². The average Bonchev–Trinajstić information content (AvgIpc) is 2.68. The summed E-state index contributed by atoms with van der Waals surface area (Å²) in [5.41, 5.74) is -0.840. The lowest BCUT2D eigenvalue weighted by molar-refractivity contribution is -0.150. The van der Waals surface area contributed by atoms with E-state index in [0.29, 0.717) is 13.0 Å². The molecule has 0 aliphatic rings. The van der Waals surface area contributed by atoms with Crippen molar-refractivity contribution in [2.75, 3.05) is 7.05 Å². The summed E-state index contributed by atoms with van der Waals surface area (Å²) < 4.78 is 5.19. The summed E-state index contributed by atoms with van der Waals surface area (Å²) in [6, 6.07) is 3.64. The summed E-state index contributed by atoms with van der Waals surface area (Å²) in [6.07, 6.45) is 2.15. The first-order valence-electron chi connectivity index (χ1n) is 4.97. The smallest absolute Gasteiger partial charge is 0.323 e. The number of hydrogen-bond acceptors (Lipinski definition) is 3. The minimum absolute atomic E-state index is 0.504. The Kier molecular flexibility index (Phi) is 3.52. The van der Waals surface area contributed by atoms with Gasteiger partial charge in [-0.1, -0.05) is 6.92 Å². The third-order valence-corrected chi connectivity index (χ3v) is 2.96. The molecule has 84 valence electrons. The fourth-order valence-electron chi connectivity index (χ4n) is 1.40. The van der Waals surface area contributed by atoms with Crippen LogP contribution in [0.15, 0.2) is 22.8 Å². The van der Waals surface area contributed by atoms with Crippen LogP contribution in [-0.2, 0) is 11.3 Å². The van der Waals surface area contributed by atoms with E-state index in [2.05, 4.69) is 0 Å². The number of nitrogens with zero attached hydrogens (tertiary/aromatic N) is 1. The van der Waals surface area contributed by atoms with E-state index in [-0.39, 0.29) is 0 Å². The molecule has 0 bridgehead atoms. The van der Waals surface area contributed by atoms with E-state index in [0.717, 1.165) is 5.76 Å². The molecule has 0 aliphatic carbocycles. The van der Waals surface area contributed by atoms with Crippen LogP contribution in [0.5, 0.6) is 0 Å². The monoisotopic (exact) mass is 211 g/mol. The van der Waals surface area contributed by atoms with E-state index in [1.807, 2.05) is 13.0 Å². The summed E-state index contributed by atoms with van der Waals surface area (Å²) >= 11 is 0. The molecule has 4 heteroatoms. The number of carboxylic acids is 1. The van der Waals surface area contributed by atoms with Gasteiger partial charge in [0.25, 0.3) is 0 Å². The van der Waals surface area contributed by atoms with E-state index in [9.17, 15) is 4.79 Å². The van der Waals surface area contributed by atoms with Crippen LogP contribution in [0.3, 0.4) is 0 Å². The molecular formula is C11H17NO3. The maximum atomic E-state index is 11.1. The van der Waals surface area contributed by atoms with E-state index in [1.54, 1.807) is 31.2 Å². The first-order chi connectivity index (χ1) is 7.00. The predicted molar refractivity (Wildman–Crippen MR) is 56.5 cm³/mol. The average molecular weight is 211 g/mol. The van der Waals surface area contributed by atoms with Gasteiger partial charge in [-0.25, -0.2) is 0 Å². The van der Waals surface area contributed by atoms with Gasteiger partial charge < -0.3 is 9.52 Å². The highest BCUT2D eigenvalue weighted by Crippen LogP contribution is 2.20. The summed E-state index contributed by atoms with van der Waals surface area (Å²) in [5.74, 6) is -0.0301. The van der Waals surface area contributed by atoms with Crippen LogP contribution in [-0.4, -0.2) is 28.6 Å². The second-order valence-electron chi connectivity index (χ2n) is 3.87. The van der Waals surface area contributed by atoms with Crippen molar-refractivity contribution in [3.63, 3.8) is 0 Å². The number of likely N-dealkylation sites (N-methyl/N-ethyl adjacent to an activating group) is 1. The summed E-state index contributed by atoms with van der Waals surface area (Å²) in [6.45, 7) is 4.09. The summed E-state index contributed by atoms with van der Waals surface area (Å²) in [4.78, 5) is 12.9. The number of rotatable bonds is 5. The quantitative estimate of drug-likeness (QED) is 0.809. The maximum Gasteiger partial charge on any atom is 0.323 e. The van der Waals surface area contributed by atoms with Crippen molar-refractivity contribution in [2.24, 2.45) is 0 Å². The van der Waals surface area contributed by atoms with E-state index in [4.69, 9.17) is 9.52 Å². The standard InChI is InChI=1S/C11H17NO3/c1-4-11(2,10(13)14)12(3)8-9-6-5-7-15-9/h5-7H,4,8H2,1-3H3,(H,13,14). The predicted octanol–water partition coefficient (Wildman–Crippen LogP) is 1.96. The Bertz CT molecular complexity index is 321. The fourth-order valence-corrected chi connectivity index (χ4v) is 1.40. The number of aliphatic carboxylic acids is 1. The van der Waals surface area contributed by atoms with Crippen LogP contribution in [0.1, 0.15) is 26.0 Å². The summed E-state index contributed by atoms with van der Waals surface area (Å²) in [7, 11) is 1.79. The fraction of sp³-hybridized carbons (Fsp3) is 0.545. The zero-order chi connectivity index (χ0) is 11.5. The molecule has 0 aromatic carbocycles. The molecule has 1 atom stereocenters. The van der Waals surface area contributed by atoms with Gasteiger partial charge in [-0.05, 0) is 32.5 Å². The van der Waals surface area contributed by atoms with Crippen molar-refractivity contribution in [2.45, 2.75) is 32.4 Å². The third-order valence-electron chi connectivity index (χ3n) is 2.96. The van der Waals surface area contributed by atoms with Gasteiger partial charge in [0.15, 0.2) is 0 Å². The zero-order valence-corrected chi connectivity index (χ0v) is 9.36. The van der Waals surface area contributed by atoms with Gasteiger partial charge in [0, 0.05) is 0 Å². The van der Waals surface area contributed by atoms with Gasteiger partial charge in [0.1, 0.15) is 11.3 Å². The molecule has 0 saturated carbocycles. The molecule has 0 aliphatic heterocycles. The van der Waals surface area contributed by atoms with Crippen LogP contribution in [0.4, 0.5) is 0 Å². The Hall–Kier alpha value is -1.29. The molecule has 4 nitrogen and oxygen atoms in total. The van der Waals surface area contributed by atoms with Crippen molar-refractivity contribution >= 4 is 5.97 Å². The number of hydrogen-bond donors (Lipinski definition) is 1. The van der Waals surface area contributed by atoms with Gasteiger partial charge in [-0.3, -0.25) is 9.69 Å².